The highest BCUT2D eigenvalue weighted by Gasteiger charge is 2.71. The molecular weight excluding hydrogens is 398 g/mol. The van der Waals surface area contributed by atoms with Crippen LogP contribution in [0.3, 0.4) is 0 Å². The van der Waals surface area contributed by atoms with Gasteiger partial charge in [0, 0.05) is 12.0 Å². The summed E-state index contributed by atoms with van der Waals surface area (Å²) in [6.45, 7) is 11.4. The third-order valence-corrected chi connectivity index (χ3v) is 11.5. The summed E-state index contributed by atoms with van der Waals surface area (Å²) in [6, 6.07) is 0.388. The zero-order chi connectivity index (χ0) is 23.1. The van der Waals surface area contributed by atoms with E-state index in [1.807, 2.05) is 12.2 Å². The number of nitrogens with two attached hydrogens (primary N) is 1. The Hall–Kier alpha value is -0.870. The minimum Gasteiger partial charge on any atom is -0.460 e. The van der Waals surface area contributed by atoms with Crippen molar-refractivity contribution in [2.45, 2.75) is 104 Å². The lowest BCUT2D eigenvalue weighted by molar-refractivity contribution is -0.159. The standard InChI is InChI=1S/C28H45NO3/c1-16(2)17(3)8-13-28(31)24-23(32-25(28)30)15-22-20-7-6-18-14-19(29)9-11-26(18,4)21(20)10-12-27(22,24)5/h8,13,16-24,31H,6-7,9-12,14-15,29H2,1-5H3. The predicted molar refractivity (Wildman–Crippen MR) is 127 cm³/mol. The molecule has 1 saturated heterocycles. The van der Waals surface area contributed by atoms with Crippen molar-refractivity contribution >= 4 is 5.97 Å². The predicted octanol–water partition coefficient (Wildman–Crippen LogP) is 5.09. The van der Waals surface area contributed by atoms with Crippen LogP contribution in [0.15, 0.2) is 12.2 Å². The summed E-state index contributed by atoms with van der Waals surface area (Å²) in [7, 11) is 0. The van der Waals surface area contributed by atoms with Crippen molar-refractivity contribution in [2.75, 3.05) is 0 Å². The average Bonchev–Trinajstić information content (AvgIpc) is 3.17. The largest absolute Gasteiger partial charge is 0.460 e. The van der Waals surface area contributed by atoms with E-state index in [9.17, 15) is 9.90 Å². The number of carbonyl (C=O) groups excluding carboxylic acids is 1. The van der Waals surface area contributed by atoms with Crippen molar-refractivity contribution in [1.82, 2.24) is 0 Å². The number of carbonyl (C=O) groups is 1. The Balaban J connectivity index is 1.43. The minimum atomic E-state index is -1.47. The Morgan fingerprint density at radius 3 is 2.47 bits per heavy atom. The molecular formula is C28H45NO3. The van der Waals surface area contributed by atoms with Gasteiger partial charge in [0.25, 0.3) is 0 Å². The van der Waals surface area contributed by atoms with Gasteiger partial charge in [-0.15, -0.1) is 0 Å². The maximum Gasteiger partial charge on any atom is 0.342 e. The highest BCUT2D eigenvalue weighted by Crippen LogP contribution is 2.70. The molecule has 5 aliphatic rings. The molecule has 0 aromatic carbocycles. The van der Waals surface area contributed by atoms with Crippen molar-refractivity contribution in [3.05, 3.63) is 12.2 Å². The molecule has 4 nitrogen and oxygen atoms in total. The molecule has 11 atom stereocenters. The van der Waals surface area contributed by atoms with Gasteiger partial charge in [0.1, 0.15) is 6.10 Å². The highest BCUT2D eigenvalue weighted by atomic mass is 16.6. The van der Waals surface area contributed by atoms with Gasteiger partial charge >= 0.3 is 5.97 Å². The number of hydrogen-bond acceptors (Lipinski definition) is 4. The molecule has 32 heavy (non-hydrogen) atoms. The molecule has 11 unspecified atom stereocenters. The number of esters is 1. The van der Waals surface area contributed by atoms with Crippen LogP contribution in [0.5, 0.6) is 0 Å². The normalized spacial score (nSPS) is 53.5. The first kappa shape index (κ1) is 22.9. The Labute approximate surface area is 194 Å². The van der Waals surface area contributed by atoms with E-state index in [1.165, 1.54) is 38.5 Å². The molecule has 5 rings (SSSR count). The number of hydrogen-bond donors (Lipinski definition) is 2. The van der Waals surface area contributed by atoms with E-state index in [1.54, 1.807) is 0 Å². The number of fused-ring (bicyclic) bond motifs is 7. The third kappa shape index (κ3) is 3.11. The molecule has 0 aromatic rings. The fraction of sp³-hybridized carbons (Fsp3) is 0.893. The van der Waals surface area contributed by atoms with Crippen LogP contribution >= 0.6 is 0 Å². The first-order valence-electron chi connectivity index (χ1n) is 13.4. The van der Waals surface area contributed by atoms with Crippen LogP contribution < -0.4 is 5.73 Å². The fourth-order valence-electron chi connectivity index (χ4n) is 9.23. The zero-order valence-corrected chi connectivity index (χ0v) is 20.8. The highest BCUT2D eigenvalue weighted by molar-refractivity contribution is 5.85. The van der Waals surface area contributed by atoms with Crippen LogP contribution in [0, 0.1) is 52.3 Å². The molecule has 180 valence electrons. The molecule has 5 fully saturated rings. The Bertz CT molecular complexity index is 794. The lowest BCUT2D eigenvalue weighted by Crippen LogP contribution is -2.56. The fourth-order valence-corrected chi connectivity index (χ4v) is 9.23. The van der Waals surface area contributed by atoms with Crippen molar-refractivity contribution in [2.24, 2.45) is 58.0 Å². The van der Waals surface area contributed by atoms with Gasteiger partial charge in [0.15, 0.2) is 5.60 Å². The van der Waals surface area contributed by atoms with Crippen molar-refractivity contribution < 1.29 is 14.6 Å². The molecule has 0 radical (unpaired) electrons. The molecule has 0 bridgehead atoms. The molecule has 0 spiro atoms. The zero-order valence-electron chi connectivity index (χ0n) is 20.8. The molecule has 4 heteroatoms. The first-order valence-corrected chi connectivity index (χ1v) is 13.4. The third-order valence-electron chi connectivity index (χ3n) is 11.5. The molecule has 4 aliphatic carbocycles. The van der Waals surface area contributed by atoms with E-state index in [2.05, 4.69) is 34.6 Å². The lowest BCUT2D eigenvalue weighted by atomic mass is 9.44. The number of ether oxygens (including phenoxy) is 1. The second kappa shape index (κ2) is 7.57. The molecule has 3 N–H and O–H groups in total. The van der Waals surface area contributed by atoms with E-state index in [0.29, 0.717) is 35.1 Å². The van der Waals surface area contributed by atoms with Crippen LogP contribution in [-0.2, 0) is 9.53 Å². The van der Waals surface area contributed by atoms with Gasteiger partial charge in [-0.3, -0.25) is 0 Å². The average molecular weight is 444 g/mol. The lowest BCUT2D eigenvalue weighted by Gasteiger charge is -2.61. The minimum absolute atomic E-state index is 0.0353. The molecule has 1 heterocycles. The number of allylic oxidation sites excluding steroid dienone is 1. The maximum atomic E-state index is 12.9. The smallest absolute Gasteiger partial charge is 0.342 e. The SMILES string of the molecule is CC(C)C(C)C=CC1(O)C(=O)OC2CC3C4CCC5CC(N)CCC5(C)C4CCC3(C)C21. The summed E-state index contributed by atoms with van der Waals surface area (Å²) < 4.78 is 5.92. The van der Waals surface area contributed by atoms with Crippen molar-refractivity contribution in [1.29, 1.82) is 0 Å². The van der Waals surface area contributed by atoms with Crippen LogP contribution in [-0.4, -0.2) is 28.8 Å². The van der Waals surface area contributed by atoms with Crippen molar-refractivity contribution in [3.63, 3.8) is 0 Å². The van der Waals surface area contributed by atoms with E-state index in [-0.39, 0.29) is 17.4 Å². The number of rotatable bonds is 3. The van der Waals surface area contributed by atoms with Crippen molar-refractivity contribution in [3.8, 4) is 0 Å². The van der Waals surface area contributed by atoms with Crippen LogP contribution in [0.1, 0.15) is 86.0 Å². The van der Waals surface area contributed by atoms with Gasteiger partial charge in [-0.05, 0) is 104 Å². The van der Waals surface area contributed by atoms with Gasteiger partial charge in [0.05, 0.1) is 0 Å². The van der Waals surface area contributed by atoms with E-state index in [0.717, 1.165) is 24.7 Å². The Kier molecular flexibility index (Phi) is 5.41. The van der Waals surface area contributed by atoms with E-state index < -0.39 is 11.6 Å². The van der Waals surface area contributed by atoms with Crippen LogP contribution in [0.2, 0.25) is 0 Å². The van der Waals surface area contributed by atoms with Gasteiger partial charge in [0.2, 0.25) is 0 Å². The molecule has 1 aliphatic heterocycles. The maximum absolute atomic E-state index is 12.9. The Morgan fingerprint density at radius 1 is 1.03 bits per heavy atom. The van der Waals surface area contributed by atoms with Gasteiger partial charge in [-0.2, -0.15) is 0 Å². The van der Waals surface area contributed by atoms with Gasteiger partial charge in [-0.25, -0.2) is 4.79 Å². The molecule has 0 amide bonds. The van der Waals surface area contributed by atoms with Gasteiger partial charge in [-0.1, -0.05) is 40.7 Å². The van der Waals surface area contributed by atoms with Gasteiger partial charge < -0.3 is 15.6 Å². The Morgan fingerprint density at radius 2 is 1.75 bits per heavy atom. The molecule has 4 saturated carbocycles. The first-order chi connectivity index (χ1) is 15.0. The monoisotopic (exact) mass is 443 g/mol. The second-order valence-corrected chi connectivity index (χ2v) is 13.2. The summed E-state index contributed by atoms with van der Waals surface area (Å²) in [6.07, 6.45) is 13.2. The van der Waals surface area contributed by atoms with E-state index in [4.69, 9.17) is 10.5 Å². The molecule has 0 aromatic heterocycles. The summed E-state index contributed by atoms with van der Waals surface area (Å²) in [5.41, 5.74) is 5.28. The van der Waals surface area contributed by atoms with E-state index >= 15 is 0 Å². The quantitative estimate of drug-likeness (QED) is 0.471. The second-order valence-electron chi connectivity index (χ2n) is 13.2. The number of aliphatic hydroxyl groups is 1. The summed E-state index contributed by atoms with van der Waals surface area (Å²) in [5, 5.41) is 11.8. The summed E-state index contributed by atoms with van der Waals surface area (Å²) in [4.78, 5) is 12.9. The van der Waals surface area contributed by atoms with Crippen LogP contribution in [0.4, 0.5) is 0 Å². The summed E-state index contributed by atoms with van der Waals surface area (Å²) >= 11 is 0. The van der Waals surface area contributed by atoms with Crippen LogP contribution in [0.25, 0.3) is 0 Å². The summed E-state index contributed by atoms with van der Waals surface area (Å²) in [5.74, 6) is 3.02. The topological polar surface area (TPSA) is 72.5 Å².